The van der Waals surface area contributed by atoms with Gasteiger partial charge in [0.1, 0.15) is 0 Å². The van der Waals surface area contributed by atoms with Crippen LogP contribution in [0.4, 0.5) is 0 Å². The summed E-state index contributed by atoms with van der Waals surface area (Å²) >= 11 is 6.53. The van der Waals surface area contributed by atoms with E-state index in [0.717, 1.165) is 36.8 Å². The maximum absolute atomic E-state index is 10.6. The second-order valence-electron chi connectivity index (χ2n) is 7.51. The summed E-state index contributed by atoms with van der Waals surface area (Å²) in [5, 5.41) is 29.1. The molecule has 3 rings (SSSR count). The van der Waals surface area contributed by atoms with Gasteiger partial charge in [-0.05, 0) is 61.1 Å². The van der Waals surface area contributed by atoms with Crippen LogP contribution in [0, 0.1) is 5.92 Å². The molecule has 0 amide bonds. The standard InChI is InChI=1S/C21H27ClO4/c22-17-12-19(24)21(16(17)5-3-1-2-4-6-20(25)26)14-7-9-15-13(11-14)8-10-18(15)23/h1,3,7,9,11,16-19,21,23-24H,2,4-6,8,10,12H2,(H,25,26)/b3-1-/t16-,17-,18?,19+,21+/m0/s1. The Morgan fingerprint density at radius 1 is 1.27 bits per heavy atom. The smallest absolute Gasteiger partial charge is 0.303 e. The predicted octanol–water partition coefficient (Wildman–Crippen LogP) is 3.94. The molecule has 5 heteroatoms. The van der Waals surface area contributed by atoms with Gasteiger partial charge in [0.2, 0.25) is 0 Å². The third kappa shape index (κ3) is 4.30. The number of benzene rings is 1. The van der Waals surface area contributed by atoms with Gasteiger partial charge in [0.15, 0.2) is 0 Å². The first kappa shape index (κ1) is 19.4. The summed E-state index contributed by atoms with van der Waals surface area (Å²) in [7, 11) is 0. The van der Waals surface area contributed by atoms with E-state index in [9.17, 15) is 15.0 Å². The number of aliphatic hydroxyl groups is 2. The lowest BCUT2D eigenvalue weighted by Gasteiger charge is -2.23. The number of hydrogen-bond donors (Lipinski definition) is 3. The van der Waals surface area contributed by atoms with Crippen LogP contribution in [0.5, 0.6) is 0 Å². The summed E-state index contributed by atoms with van der Waals surface area (Å²) in [5.74, 6) is -0.601. The monoisotopic (exact) mass is 378 g/mol. The SMILES string of the molecule is O=C(O)CCC/C=C\C[C@@H]1[C@@H](c2ccc3c(c2)CCC3O)[C@H](O)C[C@@H]1Cl. The molecule has 0 saturated heterocycles. The van der Waals surface area contributed by atoms with E-state index in [2.05, 4.69) is 12.1 Å². The van der Waals surface area contributed by atoms with Crippen molar-refractivity contribution in [1.29, 1.82) is 0 Å². The summed E-state index contributed by atoms with van der Waals surface area (Å²) in [6.07, 6.45) is 7.87. The highest BCUT2D eigenvalue weighted by atomic mass is 35.5. The molecule has 0 heterocycles. The fourth-order valence-corrected chi connectivity index (χ4v) is 4.83. The average molecular weight is 379 g/mol. The Kier molecular flexibility index (Phi) is 6.38. The second-order valence-corrected chi connectivity index (χ2v) is 8.08. The number of unbranched alkanes of at least 4 members (excludes halogenated alkanes) is 1. The molecule has 2 aliphatic carbocycles. The third-order valence-corrected chi connectivity index (χ3v) is 6.24. The van der Waals surface area contributed by atoms with E-state index in [-0.39, 0.29) is 29.7 Å². The van der Waals surface area contributed by atoms with Crippen molar-refractivity contribution in [3.05, 3.63) is 47.0 Å². The fraction of sp³-hybridized carbons (Fsp3) is 0.571. The van der Waals surface area contributed by atoms with Crippen LogP contribution in [0.25, 0.3) is 0 Å². The van der Waals surface area contributed by atoms with Crippen molar-refractivity contribution in [3.8, 4) is 0 Å². The van der Waals surface area contributed by atoms with Gasteiger partial charge in [-0.3, -0.25) is 4.79 Å². The van der Waals surface area contributed by atoms with Gasteiger partial charge in [-0.15, -0.1) is 11.6 Å². The maximum Gasteiger partial charge on any atom is 0.303 e. The number of carboxylic acid groups (broad SMARTS) is 1. The first-order valence-corrected chi connectivity index (χ1v) is 9.90. The van der Waals surface area contributed by atoms with Gasteiger partial charge in [0, 0.05) is 17.7 Å². The first-order valence-electron chi connectivity index (χ1n) is 9.47. The lowest BCUT2D eigenvalue weighted by molar-refractivity contribution is -0.137. The lowest BCUT2D eigenvalue weighted by atomic mass is 9.84. The van der Waals surface area contributed by atoms with Gasteiger partial charge in [-0.1, -0.05) is 30.4 Å². The van der Waals surface area contributed by atoms with Gasteiger partial charge in [0.05, 0.1) is 12.2 Å². The number of carboxylic acids is 1. The van der Waals surface area contributed by atoms with Gasteiger partial charge < -0.3 is 15.3 Å². The van der Waals surface area contributed by atoms with Gasteiger partial charge >= 0.3 is 5.97 Å². The summed E-state index contributed by atoms with van der Waals surface area (Å²) < 4.78 is 0. The summed E-state index contributed by atoms with van der Waals surface area (Å²) in [4.78, 5) is 10.5. The van der Waals surface area contributed by atoms with E-state index >= 15 is 0 Å². The van der Waals surface area contributed by atoms with Crippen molar-refractivity contribution in [2.45, 2.75) is 68.4 Å². The molecular formula is C21H27ClO4. The number of alkyl halides is 1. The van der Waals surface area contributed by atoms with Crippen molar-refractivity contribution < 1.29 is 20.1 Å². The molecule has 0 radical (unpaired) electrons. The number of aryl methyl sites for hydroxylation is 1. The van der Waals surface area contributed by atoms with Crippen LogP contribution in [0.2, 0.25) is 0 Å². The minimum absolute atomic E-state index is 0.00390. The van der Waals surface area contributed by atoms with Crippen LogP contribution in [-0.2, 0) is 11.2 Å². The number of carbonyl (C=O) groups is 1. The molecule has 0 aromatic heterocycles. The van der Waals surface area contributed by atoms with Gasteiger partial charge in [-0.2, -0.15) is 0 Å². The Labute approximate surface area is 159 Å². The second kappa shape index (κ2) is 8.55. The summed E-state index contributed by atoms with van der Waals surface area (Å²) in [6, 6.07) is 6.16. The van der Waals surface area contributed by atoms with Crippen LogP contribution < -0.4 is 0 Å². The molecule has 26 heavy (non-hydrogen) atoms. The third-order valence-electron chi connectivity index (χ3n) is 5.74. The topological polar surface area (TPSA) is 77.8 Å². The zero-order valence-corrected chi connectivity index (χ0v) is 15.6. The molecule has 5 atom stereocenters. The Hall–Kier alpha value is -1.36. The largest absolute Gasteiger partial charge is 0.481 e. The highest BCUT2D eigenvalue weighted by Crippen LogP contribution is 2.46. The van der Waals surface area contributed by atoms with E-state index in [0.29, 0.717) is 12.8 Å². The molecular weight excluding hydrogens is 352 g/mol. The molecule has 4 nitrogen and oxygen atoms in total. The first-order chi connectivity index (χ1) is 12.5. The normalized spacial score (nSPS) is 30.8. The molecule has 142 valence electrons. The Morgan fingerprint density at radius 2 is 2.08 bits per heavy atom. The number of fused-ring (bicyclic) bond motifs is 1. The summed E-state index contributed by atoms with van der Waals surface area (Å²) in [5.41, 5.74) is 3.31. The van der Waals surface area contributed by atoms with Crippen LogP contribution in [0.1, 0.15) is 67.2 Å². The maximum atomic E-state index is 10.6. The molecule has 1 fully saturated rings. The molecule has 1 aromatic rings. The van der Waals surface area contributed by atoms with Crippen LogP contribution in [-0.4, -0.2) is 32.8 Å². The minimum atomic E-state index is -0.764. The fourth-order valence-electron chi connectivity index (χ4n) is 4.39. The molecule has 0 spiro atoms. The average Bonchev–Trinajstić information content (AvgIpc) is 3.10. The summed E-state index contributed by atoms with van der Waals surface area (Å²) in [6.45, 7) is 0. The molecule has 1 aromatic carbocycles. The zero-order chi connectivity index (χ0) is 18.7. The molecule has 0 bridgehead atoms. The highest BCUT2D eigenvalue weighted by Gasteiger charge is 2.42. The molecule has 2 aliphatic rings. The van der Waals surface area contributed by atoms with E-state index in [1.54, 1.807) is 0 Å². The number of rotatable bonds is 7. The lowest BCUT2D eigenvalue weighted by Crippen LogP contribution is -2.18. The quantitative estimate of drug-likeness (QED) is 0.381. The predicted molar refractivity (Wildman–Crippen MR) is 101 cm³/mol. The van der Waals surface area contributed by atoms with E-state index in [4.69, 9.17) is 16.7 Å². The minimum Gasteiger partial charge on any atom is -0.481 e. The van der Waals surface area contributed by atoms with Crippen molar-refractivity contribution in [2.75, 3.05) is 0 Å². The number of hydrogen-bond acceptors (Lipinski definition) is 3. The van der Waals surface area contributed by atoms with Crippen molar-refractivity contribution in [2.24, 2.45) is 5.92 Å². The molecule has 3 N–H and O–H groups in total. The molecule has 1 unspecified atom stereocenters. The van der Waals surface area contributed by atoms with Crippen molar-refractivity contribution in [1.82, 2.24) is 0 Å². The molecule has 0 aliphatic heterocycles. The number of halogens is 1. The number of aliphatic hydroxyl groups excluding tert-OH is 2. The van der Waals surface area contributed by atoms with E-state index in [1.807, 2.05) is 18.2 Å². The van der Waals surface area contributed by atoms with Gasteiger partial charge in [0.25, 0.3) is 0 Å². The highest BCUT2D eigenvalue weighted by molar-refractivity contribution is 6.21. The van der Waals surface area contributed by atoms with Crippen LogP contribution >= 0.6 is 11.6 Å². The van der Waals surface area contributed by atoms with E-state index in [1.165, 1.54) is 5.56 Å². The van der Waals surface area contributed by atoms with Gasteiger partial charge in [-0.25, -0.2) is 0 Å². The van der Waals surface area contributed by atoms with Crippen molar-refractivity contribution >= 4 is 17.6 Å². The van der Waals surface area contributed by atoms with Crippen LogP contribution in [0.15, 0.2) is 30.4 Å². The van der Waals surface area contributed by atoms with Crippen molar-refractivity contribution in [3.63, 3.8) is 0 Å². The Morgan fingerprint density at radius 3 is 2.85 bits per heavy atom. The number of aliphatic carboxylic acids is 1. The zero-order valence-electron chi connectivity index (χ0n) is 14.9. The number of allylic oxidation sites excluding steroid dienone is 2. The Balaban J connectivity index is 1.67. The Bertz CT molecular complexity index is 672. The molecule has 1 saturated carbocycles. The van der Waals surface area contributed by atoms with E-state index < -0.39 is 12.1 Å². The van der Waals surface area contributed by atoms with Crippen LogP contribution in [0.3, 0.4) is 0 Å².